The zero-order valence-electron chi connectivity index (χ0n) is 16.0. The van der Waals surface area contributed by atoms with E-state index < -0.39 is 5.91 Å². The lowest BCUT2D eigenvalue weighted by Gasteiger charge is -2.05. The number of amides is 1. The molecule has 6 heteroatoms. The van der Waals surface area contributed by atoms with Gasteiger partial charge in [-0.05, 0) is 42.0 Å². The summed E-state index contributed by atoms with van der Waals surface area (Å²) in [5.41, 5.74) is 3.08. The van der Waals surface area contributed by atoms with E-state index in [1.165, 1.54) is 0 Å². The quantitative estimate of drug-likeness (QED) is 0.315. The van der Waals surface area contributed by atoms with E-state index in [1.54, 1.807) is 24.5 Å². The van der Waals surface area contributed by atoms with Gasteiger partial charge in [-0.25, -0.2) is 0 Å². The Kier molecular flexibility index (Phi) is 5.82. The van der Waals surface area contributed by atoms with Crippen LogP contribution in [-0.2, 0) is 17.9 Å². The van der Waals surface area contributed by atoms with Crippen molar-refractivity contribution in [1.29, 1.82) is 5.26 Å². The minimum Gasteiger partial charge on any atom is -0.467 e. The number of furan rings is 1. The smallest absolute Gasteiger partial charge is 0.262 e. The molecule has 0 spiro atoms. The van der Waals surface area contributed by atoms with Gasteiger partial charge in [0.05, 0.1) is 12.8 Å². The molecule has 2 aromatic heterocycles. The normalized spacial score (nSPS) is 11.4. The Bertz CT molecular complexity index is 1250. The molecule has 1 amide bonds. The topological polar surface area (TPSA) is 71.0 Å². The van der Waals surface area contributed by atoms with Crippen LogP contribution in [0, 0.1) is 11.3 Å². The standard InChI is InChI=1S/C24H18BrN3O2/c25-20-9-7-17(8-10-20)15-28-16-19(22-5-1-2-6-23(22)28)12-18(13-26)24(29)27-14-21-4-3-11-30-21/h1-12,16H,14-15H2,(H,27,29)/b18-12+. The van der Waals surface area contributed by atoms with Crippen LogP contribution in [0.1, 0.15) is 16.9 Å². The van der Waals surface area contributed by atoms with Gasteiger partial charge in [-0.2, -0.15) is 5.26 Å². The molecule has 0 unspecified atom stereocenters. The van der Waals surface area contributed by atoms with Crippen LogP contribution >= 0.6 is 15.9 Å². The van der Waals surface area contributed by atoms with Crippen LogP contribution in [0.15, 0.2) is 87.6 Å². The summed E-state index contributed by atoms with van der Waals surface area (Å²) in [5, 5.41) is 13.3. The summed E-state index contributed by atoms with van der Waals surface area (Å²) in [4.78, 5) is 12.5. The van der Waals surface area contributed by atoms with E-state index >= 15 is 0 Å². The third kappa shape index (κ3) is 4.37. The number of rotatable bonds is 6. The number of aromatic nitrogens is 1. The van der Waals surface area contributed by atoms with Crippen molar-refractivity contribution in [2.24, 2.45) is 0 Å². The highest BCUT2D eigenvalue weighted by Crippen LogP contribution is 2.25. The van der Waals surface area contributed by atoms with Crippen LogP contribution in [-0.4, -0.2) is 10.5 Å². The predicted octanol–water partition coefficient (Wildman–Crippen LogP) is 5.27. The first-order chi connectivity index (χ1) is 14.6. The molecule has 148 valence electrons. The number of nitriles is 1. The maximum absolute atomic E-state index is 12.5. The van der Waals surface area contributed by atoms with Crippen LogP contribution in [0.5, 0.6) is 0 Å². The Labute approximate surface area is 182 Å². The molecule has 0 radical (unpaired) electrons. The molecule has 0 aliphatic rings. The van der Waals surface area contributed by atoms with Gasteiger partial charge in [0.25, 0.3) is 5.91 Å². The molecule has 0 aliphatic carbocycles. The molecule has 0 saturated carbocycles. The Balaban J connectivity index is 1.63. The number of halogens is 1. The lowest BCUT2D eigenvalue weighted by atomic mass is 10.1. The summed E-state index contributed by atoms with van der Waals surface area (Å²) in [6.07, 6.45) is 5.16. The highest BCUT2D eigenvalue weighted by molar-refractivity contribution is 9.10. The monoisotopic (exact) mass is 459 g/mol. The highest BCUT2D eigenvalue weighted by Gasteiger charge is 2.13. The number of hydrogen-bond donors (Lipinski definition) is 1. The summed E-state index contributed by atoms with van der Waals surface area (Å²) in [6, 6.07) is 21.7. The predicted molar refractivity (Wildman–Crippen MR) is 119 cm³/mol. The number of carbonyl (C=O) groups excluding carboxylic acids is 1. The van der Waals surface area contributed by atoms with E-state index in [0.717, 1.165) is 26.5 Å². The van der Waals surface area contributed by atoms with Crippen molar-refractivity contribution in [2.75, 3.05) is 0 Å². The Morgan fingerprint density at radius 3 is 2.67 bits per heavy atom. The molecule has 0 fully saturated rings. The first kappa shape index (κ1) is 19.7. The van der Waals surface area contributed by atoms with Gasteiger partial charge >= 0.3 is 0 Å². The zero-order chi connectivity index (χ0) is 20.9. The fraction of sp³-hybridized carbons (Fsp3) is 0.0833. The molecule has 0 bridgehead atoms. The third-order valence-electron chi connectivity index (χ3n) is 4.75. The summed E-state index contributed by atoms with van der Waals surface area (Å²) in [6.45, 7) is 0.921. The van der Waals surface area contributed by atoms with Crippen molar-refractivity contribution in [2.45, 2.75) is 13.1 Å². The van der Waals surface area contributed by atoms with Crippen molar-refractivity contribution < 1.29 is 9.21 Å². The van der Waals surface area contributed by atoms with E-state index in [1.807, 2.05) is 48.7 Å². The number of fused-ring (bicyclic) bond motifs is 1. The molecule has 30 heavy (non-hydrogen) atoms. The number of para-hydroxylation sites is 1. The van der Waals surface area contributed by atoms with Crippen molar-refractivity contribution >= 4 is 38.8 Å². The van der Waals surface area contributed by atoms with Crippen molar-refractivity contribution in [3.05, 3.63) is 100 Å². The van der Waals surface area contributed by atoms with Gasteiger partial charge in [0.15, 0.2) is 0 Å². The van der Waals surface area contributed by atoms with E-state index in [2.05, 4.69) is 37.9 Å². The number of hydrogen-bond acceptors (Lipinski definition) is 3. The van der Waals surface area contributed by atoms with Crippen LogP contribution in [0.25, 0.3) is 17.0 Å². The van der Waals surface area contributed by atoms with Gasteiger partial charge in [0.1, 0.15) is 17.4 Å². The van der Waals surface area contributed by atoms with Gasteiger partial charge in [0.2, 0.25) is 0 Å². The second kappa shape index (κ2) is 8.85. The molecule has 5 nitrogen and oxygen atoms in total. The molecule has 1 N–H and O–H groups in total. The first-order valence-electron chi connectivity index (χ1n) is 9.39. The van der Waals surface area contributed by atoms with Crippen molar-refractivity contribution in [3.8, 4) is 6.07 Å². The number of nitrogens with one attached hydrogen (secondary N) is 1. The lowest BCUT2D eigenvalue weighted by molar-refractivity contribution is -0.117. The van der Waals surface area contributed by atoms with Gasteiger partial charge in [-0.15, -0.1) is 0 Å². The SMILES string of the molecule is N#C/C(=C\c1cn(Cc2ccc(Br)cc2)c2ccccc12)C(=O)NCc1ccco1. The minimum absolute atomic E-state index is 0.0492. The molecule has 0 atom stereocenters. The Hall–Kier alpha value is -3.56. The summed E-state index contributed by atoms with van der Waals surface area (Å²) in [7, 11) is 0. The second-order valence-corrected chi connectivity index (χ2v) is 7.70. The van der Waals surface area contributed by atoms with Gasteiger partial charge in [-0.3, -0.25) is 4.79 Å². The van der Waals surface area contributed by atoms with Gasteiger partial charge in [0, 0.05) is 33.7 Å². The van der Waals surface area contributed by atoms with Crippen molar-refractivity contribution in [1.82, 2.24) is 9.88 Å². The second-order valence-electron chi connectivity index (χ2n) is 6.79. The first-order valence-corrected chi connectivity index (χ1v) is 10.2. The molecule has 2 heterocycles. The average molecular weight is 460 g/mol. The summed E-state index contributed by atoms with van der Waals surface area (Å²) < 4.78 is 8.38. The largest absolute Gasteiger partial charge is 0.467 e. The minimum atomic E-state index is -0.432. The van der Waals surface area contributed by atoms with Crippen LogP contribution in [0.3, 0.4) is 0 Å². The van der Waals surface area contributed by atoms with E-state index in [0.29, 0.717) is 12.3 Å². The Morgan fingerprint density at radius 1 is 1.13 bits per heavy atom. The van der Waals surface area contributed by atoms with Crippen LogP contribution < -0.4 is 5.32 Å². The molecular weight excluding hydrogens is 442 g/mol. The maximum Gasteiger partial charge on any atom is 0.262 e. The van der Waals surface area contributed by atoms with Gasteiger partial charge in [-0.1, -0.05) is 46.3 Å². The van der Waals surface area contributed by atoms with Gasteiger partial charge < -0.3 is 14.3 Å². The zero-order valence-corrected chi connectivity index (χ0v) is 17.6. The van der Waals surface area contributed by atoms with Crippen molar-refractivity contribution in [3.63, 3.8) is 0 Å². The molecule has 4 aromatic rings. The molecule has 4 rings (SSSR count). The van der Waals surface area contributed by atoms with E-state index in [9.17, 15) is 10.1 Å². The number of carbonyl (C=O) groups is 1. The third-order valence-corrected chi connectivity index (χ3v) is 5.28. The van der Waals surface area contributed by atoms with E-state index in [-0.39, 0.29) is 12.1 Å². The highest BCUT2D eigenvalue weighted by atomic mass is 79.9. The fourth-order valence-corrected chi connectivity index (χ4v) is 3.55. The van der Waals surface area contributed by atoms with Crippen LogP contribution in [0.2, 0.25) is 0 Å². The lowest BCUT2D eigenvalue weighted by Crippen LogP contribution is -2.23. The molecule has 2 aromatic carbocycles. The molecule has 0 saturated heterocycles. The van der Waals surface area contributed by atoms with E-state index in [4.69, 9.17) is 4.42 Å². The number of benzene rings is 2. The van der Waals surface area contributed by atoms with Crippen LogP contribution in [0.4, 0.5) is 0 Å². The fourth-order valence-electron chi connectivity index (χ4n) is 3.29. The maximum atomic E-state index is 12.5. The molecule has 0 aliphatic heterocycles. The average Bonchev–Trinajstić information content (AvgIpc) is 3.40. The summed E-state index contributed by atoms with van der Waals surface area (Å²) in [5.74, 6) is 0.199. The number of nitrogens with zero attached hydrogens (tertiary/aromatic N) is 2. The Morgan fingerprint density at radius 2 is 1.93 bits per heavy atom. The molecular formula is C24H18BrN3O2. The summed E-state index contributed by atoms with van der Waals surface area (Å²) >= 11 is 3.46.